The summed E-state index contributed by atoms with van der Waals surface area (Å²) in [4.78, 5) is 0. The normalized spacial score (nSPS) is 12.0. The zero-order valence-corrected chi connectivity index (χ0v) is 6.38. The van der Waals surface area contributed by atoms with Crippen molar-refractivity contribution in [1.29, 1.82) is 0 Å². The van der Waals surface area contributed by atoms with Gasteiger partial charge in [0.05, 0.1) is 0 Å². The van der Waals surface area contributed by atoms with Gasteiger partial charge in [0.1, 0.15) is 5.01 Å². The molecule has 0 bridgehead atoms. The quantitative estimate of drug-likeness (QED) is 0.634. The second-order valence-electron chi connectivity index (χ2n) is 2.01. The van der Waals surface area contributed by atoms with Crippen LogP contribution in [0.2, 0.25) is 0 Å². The highest BCUT2D eigenvalue weighted by molar-refractivity contribution is 7.11. The van der Waals surface area contributed by atoms with E-state index in [9.17, 15) is 8.78 Å². The molecule has 0 unspecified atom stereocenters. The van der Waals surface area contributed by atoms with E-state index in [4.69, 9.17) is 0 Å². The Kier molecular flexibility index (Phi) is 1.68. The zero-order valence-electron chi connectivity index (χ0n) is 5.56. The highest BCUT2D eigenvalue weighted by Crippen LogP contribution is 2.28. The Morgan fingerprint density at radius 3 is 2.20 bits per heavy atom. The second kappa shape index (κ2) is 2.23. The minimum Gasteiger partial charge on any atom is -0.199 e. The molecule has 0 aliphatic rings. The summed E-state index contributed by atoms with van der Waals surface area (Å²) in [5, 5.41) is 7.13. The number of rotatable bonds is 1. The molecule has 0 radical (unpaired) electrons. The van der Waals surface area contributed by atoms with Crippen LogP contribution in [0.3, 0.4) is 0 Å². The molecule has 0 spiro atoms. The summed E-state index contributed by atoms with van der Waals surface area (Å²) in [5.74, 6) is -2.84. The van der Waals surface area contributed by atoms with E-state index in [0.29, 0.717) is 5.01 Å². The van der Waals surface area contributed by atoms with Crippen LogP contribution in [0.15, 0.2) is 0 Å². The van der Waals surface area contributed by atoms with E-state index in [-0.39, 0.29) is 5.01 Å². The molecule has 1 heterocycles. The molecule has 0 saturated carbocycles. The Morgan fingerprint density at radius 1 is 1.40 bits per heavy atom. The molecule has 1 aromatic heterocycles. The van der Waals surface area contributed by atoms with Crippen LogP contribution in [0.25, 0.3) is 0 Å². The average Bonchev–Trinajstić information content (AvgIpc) is 2.11. The predicted octanol–water partition coefficient (Wildman–Crippen LogP) is 1.96. The van der Waals surface area contributed by atoms with Gasteiger partial charge in [-0.3, -0.25) is 0 Å². The molecule has 2 nitrogen and oxygen atoms in total. The van der Waals surface area contributed by atoms with Crippen LogP contribution in [-0.2, 0) is 5.92 Å². The number of hydrogen-bond acceptors (Lipinski definition) is 3. The molecule has 0 aliphatic heterocycles. The minimum atomic E-state index is -2.84. The van der Waals surface area contributed by atoms with Crippen LogP contribution in [0, 0.1) is 6.92 Å². The summed E-state index contributed by atoms with van der Waals surface area (Å²) in [5.41, 5.74) is 0. The van der Waals surface area contributed by atoms with Crippen molar-refractivity contribution in [1.82, 2.24) is 10.2 Å². The predicted molar refractivity (Wildman–Crippen MR) is 34.2 cm³/mol. The zero-order chi connectivity index (χ0) is 7.78. The van der Waals surface area contributed by atoms with Gasteiger partial charge in [0.2, 0.25) is 0 Å². The number of halogens is 2. The van der Waals surface area contributed by atoms with Gasteiger partial charge in [-0.1, -0.05) is 11.3 Å². The van der Waals surface area contributed by atoms with Gasteiger partial charge >= 0.3 is 0 Å². The van der Waals surface area contributed by atoms with Crippen molar-refractivity contribution in [3.05, 3.63) is 10.0 Å². The standard InChI is InChI=1S/C5H6F2N2S/c1-3-8-9-4(10-3)5(2,6)7/h1-2H3. The second-order valence-corrected chi connectivity index (χ2v) is 3.20. The van der Waals surface area contributed by atoms with E-state index in [2.05, 4.69) is 10.2 Å². The molecular weight excluding hydrogens is 158 g/mol. The maximum Gasteiger partial charge on any atom is 0.298 e. The summed E-state index contributed by atoms with van der Waals surface area (Å²) in [6.07, 6.45) is 0. The molecule has 0 atom stereocenters. The van der Waals surface area contributed by atoms with Crippen LogP contribution in [0.1, 0.15) is 16.9 Å². The third-order valence-corrected chi connectivity index (χ3v) is 1.91. The molecule has 0 saturated heterocycles. The Balaban J connectivity index is 2.96. The molecular formula is C5H6F2N2S. The first kappa shape index (κ1) is 7.53. The van der Waals surface area contributed by atoms with Gasteiger partial charge in [0.25, 0.3) is 5.92 Å². The number of alkyl halides is 2. The van der Waals surface area contributed by atoms with Gasteiger partial charge in [-0.2, -0.15) is 8.78 Å². The molecule has 10 heavy (non-hydrogen) atoms. The third kappa shape index (κ3) is 1.47. The first-order chi connectivity index (χ1) is 4.50. The smallest absolute Gasteiger partial charge is 0.199 e. The first-order valence-corrected chi connectivity index (χ1v) is 3.50. The van der Waals surface area contributed by atoms with E-state index in [1.165, 1.54) is 0 Å². The lowest BCUT2D eigenvalue weighted by molar-refractivity contribution is 0.0165. The van der Waals surface area contributed by atoms with Crippen LogP contribution < -0.4 is 0 Å². The summed E-state index contributed by atoms with van der Waals surface area (Å²) in [6, 6.07) is 0. The molecule has 1 rings (SSSR count). The molecule has 0 amide bonds. The monoisotopic (exact) mass is 164 g/mol. The Labute approximate surface area is 60.9 Å². The van der Waals surface area contributed by atoms with Crippen LogP contribution in [-0.4, -0.2) is 10.2 Å². The SMILES string of the molecule is Cc1nnc(C(C)(F)F)s1. The topological polar surface area (TPSA) is 25.8 Å². The van der Waals surface area contributed by atoms with E-state index >= 15 is 0 Å². The Bertz CT molecular complexity index is 228. The Hall–Kier alpha value is -0.580. The third-order valence-electron chi connectivity index (χ3n) is 0.902. The van der Waals surface area contributed by atoms with Crippen LogP contribution in [0.5, 0.6) is 0 Å². The number of nitrogens with zero attached hydrogens (tertiary/aromatic N) is 2. The van der Waals surface area contributed by atoms with Crippen molar-refractivity contribution >= 4 is 11.3 Å². The molecule has 0 aliphatic carbocycles. The van der Waals surface area contributed by atoms with Crippen molar-refractivity contribution in [2.24, 2.45) is 0 Å². The van der Waals surface area contributed by atoms with Gasteiger partial charge in [-0.25, -0.2) is 0 Å². The van der Waals surface area contributed by atoms with Gasteiger partial charge < -0.3 is 0 Å². The van der Waals surface area contributed by atoms with Crippen LogP contribution in [0.4, 0.5) is 8.78 Å². The maximum absolute atomic E-state index is 12.4. The first-order valence-electron chi connectivity index (χ1n) is 2.68. The fraction of sp³-hybridized carbons (Fsp3) is 0.600. The highest BCUT2D eigenvalue weighted by Gasteiger charge is 2.28. The lowest BCUT2D eigenvalue weighted by Gasteiger charge is -2.02. The summed E-state index contributed by atoms with van der Waals surface area (Å²) in [7, 11) is 0. The fourth-order valence-electron chi connectivity index (χ4n) is 0.474. The lowest BCUT2D eigenvalue weighted by Crippen LogP contribution is -2.05. The van der Waals surface area contributed by atoms with Crippen molar-refractivity contribution in [3.63, 3.8) is 0 Å². The summed E-state index contributed by atoms with van der Waals surface area (Å²) >= 11 is 0.922. The van der Waals surface area contributed by atoms with E-state index in [1.807, 2.05) is 0 Å². The van der Waals surface area contributed by atoms with Crippen molar-refractivity contribution in [3.8, 4) is 0 Å². The van der Waals surface area contributed by atoms with Gasteiger partial charge in [-0.05, 0) is 6.92 Å². The number of aryl methyl sites for hydroxylation is 1. The van der Waals surface area contributed by atoms with Crippen molar-refractivity contribution in [2.45, 2.75) is 19.8 Å². The van der Waals surface area contributed by atoms with Crippen molar-refractivity contribution in [2.75, 3.05) is 0 Å². The molecule has 56 valence electrons. The van der Waals surface area contributed by atoms with Gasteiger partial charge in [0.15, 0.2) is 5.01 Å². The highest BCUT2D eigenvalue weighted by atomic mass is 32.1. The fourth-order valence-corrected chi connectivity index (χ4v) is 1.10. The van der Waals surface area contributed by atoms with E-state index in [1.54, 1.807) is 6.92 Å². The summed E-state index contributed by atoms with van der Waals surface area (Å²) in [6.45, 7) is 2.46. The molecule has 0 aromatic carbocycles. The van der Waals surface area contributed by atoms with E-state index in [0.717, 1.165) is 18.3 Å². The Morgan fingerprint density at radius 2 is 2.00 bits per heavy atom. The van der Waals surface area contributed by atoms with Gasteiger partial charge in [-0.15, -0.1) is 10.2 Å². The maximum atomic E-state index is 12.4. The molecule has 0 fully saturated rings. The largest absolute Gasteiger partial charge is 0.298 e. The number of hydrogen-bond donors (Lipinski definition) is 0. The molecule has 1 aromatic rings. The van der Waals surface area contributed by atoms with Gasteiger partial charge in [0, 0.05) is 6.92 Å². The van der Waals surface area contributed by atoms with Crippen LogP contribution >= 0.6 is 11.3 Å². The lowest BCUT2D eigenvalue weighted by atomic mass is 10.4. The van der Waals surface area contributed by atoms with E-state index < -0.39 is 5.92 Å². The number of aromatic nitrogens is 2. The molecule has 0 N–H and O–H groups in total. The average molecular weight is 164 g/mol. The molecule has 5 heteroatoms. The minimum absolute atomic E-state index is 0.218. The summed E-state index contributed by atoms with van der Waals surface area (Å²) < 4.78 is 24.8. The van der Waals surface area contributed by atoms with Crippen molar-refractivity contribution < 1.29 is 8.78 Å².